The molecular weight excluding hydrogens is 590 g/mol. The number of hydrogen-bond acceptors (Lipinski definition) is 8. The summed E-state index contributed by atoms with van der Waals surface area (Å²) in [5.74, 6) is 0.414. The smallest absolute Gasteiger partial charge is 0.340 e. The van der Waals surface area contributed by atoms with Crippen LogP contribution in [0.3, 0.4) is 0 Å². The highest BCUT2D eigenvalue weighted by atomic mass is 16.6. The molecule has 1 aliphatic heterocycles. The molecule has 47 heavy (non-hydrogen) atoms. The Hall–Kier alpha value is -4.68. The van der Waals surface area contributed by atoms with Gasteiger partial charge in [0.15, 0.2) is 11.8 Å². The number of esters is 1. The normalized spacial score (nSPS) is 15.3. The number of fused-ring (bicyclic) bond motifs is 1. The lowest BCUT2D eigenvalue weighted by Gasteiger charge is -2.41. The predicted molar refractivity (Wildman–Crippen MR) is 184 cm³/mol. The Morgan fingerprint density at radius 2 is 1.89 bits per heavy atom. The number of allylic oxidation sites excluding steroid dienone is 1. The van der Waals surface area contributed by atoms with Crippen LogP contribution in [0, 0.1) is 23.7 Å². The van der Waals surface area contributed by atoms with E-state index in [2.05, 4.69) is 24.5 Å². The van der Waals surface area contributed by atoms with Crippen LogP contribution in [-0.4, -0.2) is 51.0 Å². The molecule has 0 spiro atoms. The van der Waals surface area contributed by atoms with Crippen molar-refractivity contribution in [3.05, 3.63) is 78.0 Å². The first-order chi connectivity index (χ1) is 22.4. The van der Waals surface area contributed by atoms with Crippen LogP contribution < -0.4 is 4.90 Å². The van der Waals surface area contributed by atoms with Gasteiger partial charge in [0.05, 0.1) is 35.1 Å². The van der Waals surface area contributed by atoms with Crippen LogP contribution in [0.25, 0.3) is 28.0 Å². The number of aryl methyl sites for hydroxylation is 1. The number of phenolic OH excluding ortho intramolecular Hbond substituents is 1. The zero-order valence-corrected chi connectivity index (χ0v) is 28.3. The van der Waals surface area contributed by atoms with Crippen LogP contribution in [0.15, 0.2) is 61.2 Å². The molecule has 1 fully saturated rings. The van der Waals surface area contributed by atoms with Crippen LogP contribution in [0.4, 0.5) is 5.82 Å². The second-order valence-corrected chi connectivity index (χ2v) is 13.6. The summed E-state index contributed by atoms with van der Waals surface area (Å²) in [5, 5.41) is 25.1. The summed E-state index contributed by atoms with van der Waals surface area (Å²) in [6, 6.07) is 16.6. The molecule has 0 amide bonds. The van der Waals surface area contributed by atoms with Crippen molar-refractivity contribution in [2.75, 3.05) is 24.6 Å². The zero-order chi connectivity index (χ0) is 33.9. The molecule has 5 rings (SSSR count). The van der Waals surface area contributed by atoms with Crippen LogP contribution in [0.2, 0.25) is 0 Å². The molecule has 0 radical (unpaired) electrons. The number of phenols is 1. The highest BCUT2D eigenvalue weighted by molar-refractivity contribution is 5.81. The number of carbonyl (C=O) groups excluding carboxylic acids is 1. The van der Waals surface area contributed by atoms with Crippen LogP contribution in [0.5, 0.6) is 5.75 Å². The molecule has 1 aliphatic rings. The number of aromatic nitrogens is 3. The van der Waals surface area contributed by atoms with E-state index in [0.29, 0.717) is 33.7 Å². The quantitative estimate of drug-likeness (QED) is 0.138. The second-order valence-electron chi connectivity index (χ2n) is 13.6. The summed E-state index contributed by atoms with van der Waals surface area (Å²) >= 11 is 0. The number of hydrogen-bond donors (Lipinski definition) is 1. The lowest BCUT2D eigenvalue weighted by Crippen LogP contribution is -2.41. The number of carbonyl (C=O) groups is 1. The number of ether oxygens (including phenoxy) is 2. The minimum atomic E-state index is -0.998. The minimum absolute atomic E-state index is 0.0921. The van der Waals surface area contributed by atoms with Crippen LogP contribution >= 0.6 is 0 Å². The molecule has 9 nitrogen and oxygen atoms in total. The standard InChI is InChI=1S/C38H45N5O4/c1-8-10-16-38(7)17-19-42(20-18-38)35-33(34(36(45)46-9-2)47-37(4,5)6)25(3)40-32-23-30(41-43(32)35)28-13-11-12-27(22-28)29-21-26(24-39)14-15-31(29)44/h8,11-15,21-23,34,44H,1,9-10,16-20H2,2-7H3. The maximum Gasteiger partial charge on any atom is 0.340 e. The van der Waals surface area contributed by atoms with Crippen molar-refractivity contribution >= 4 is 17.4 Å². The van der Waals surface area contributed by atoms with Gasteiger partial charge in [-0.25, -0.2) is 9.78 Å². The fourth-order valence-electron chi connectivity index (χ4n) is 6.31. The van der Waals surface area contributed by atoms with Crippen LogP contribution in [0.1, 0.15) is 83.2 Å². The van der Waals surface area contributed by atoms with Gasteiger partial charge in [-0.1, -0.05) is 31.2 Å². The molecule has 0 bridgehead atoms. The van der Waals surface area contributed by atoms with E-state index < -0.39 is 17.7 Å². The van der Waals surface area contributed by atoms with Gasteiger partial charge in [0.2, 0.25) is 0 Å². The van der Waals surface area contributed by atoms with E-state index in [-0.39, 0.29) is 17.8 Å². The molecule has 1 unspecified atom stereocenters. The zero-order valence-electron chi connectivity index (χ0n) is 28.3. The Balaban J connectivity index is 1.67. The largest absolute Gasteiger partial charge is 0.507 e. The van der Waals surface area contributed by atoms with Gasteiger partial charge >= 0.3 is 5.97 Å². The highest BCUT2D eigenvalue weighted by Crippen LogP contribution is 2.41. The monoisotopic (exact) mass is 635 g/mol. The van der Waals surface area contributed by atoms with Crippen molar-refractivity contribution in [1.82, 2.24) is 14.6 Å². The van der Waals surface area contributed by atoms with Gasteiger partial charge in [-0.3, -0.25) is 0 Å². The minimum Gasteiger partial charge on any atom is -0.507 e. The van der Waals surface area contributed by atoms with E-state index in [4.69, 9.17) is 19.6 Å². The molecule has 4 aromatic rings. The maximum absolute atomic E-state index is 13.6. The van der Waals surface area contributed by atoms with Crippen molar-refractivity contribution in [3.8, 4) is 34.2 Å². The molecule has 1 atom stereocenters. The maximum atomic E-state index is 13.6. The first kappa shape index (κ1) is 33.7. The van der Waals surface area contributed by atoms with Crippen LogP contribution in [-0.2, 0) is 14.3 Å². The average molecular weight is 636 g/mol. The van der Waals surface area contributed by atoms with Crippen molar-refractivity contribution in [1.29, 1.82) is 5.26 Å². The van der Waals surface area contributed by atoms with Gasteiger partial charge in [-0.15, -0.1) is 6.58 Å². The predicted octanol–water partition coefficient (Wildman–Crippen LogP) is 7.94. The fourth-order valence-corrected chi connectivity index (χ4v) is 6.31. The topological polar surface area (TPSA) is 113 Å². The Bertz CT molecular complexity index is 1820. The molecule has 246 valence electrons. The average Bonchev–Trinajstić information content (AvgIpc) is 3.46. The Kier molecular flexibility index (Phi) is 9.73. The van der Waals surface area contributed by atoms with Crippen molar-refractivity contribution in [2.24, 2.45) is 5.41 Å². The van der Waals surface area contributed by atoms with Crippen molar-refractivity contribution in [2.45, 2.75) is 78.9 Å². The molecule has 3 heterocycles. The summed E-state index contributed by atoms with van der Waals surface area (Å²) in [7, 11) is 0. The second kappa shape index (κ2) is 13.6. The molecule has 0 saturated carbocycles. The molecule has 9 heteroatoms. The van der Waals surface area contributed by atoms with Gasteiger partial charge in [0.1, 0.15) is 11.6 Å². The van der Waals surface area contributed by atoms with E-state index in [1.54, 1.807) is 19.1 Å². The molecule has 2 aromatic heterocycles. The number of piperidine rings is 1. The number of benzene rings is 2. The van der Waals surface area contributed by atoms with E-state index in [0.717, 1.165) is 55.7 Å². The number of aromatic hydroxyl groups is 1. The fraction of sp³-hybridized carbons (Fsp3) is 0.421. The third-order valence-corrected chi connectivity index (χ3v) is 8.86. The van der Waals surface area contributed by atoms with Gasteiger partial charge < -0.3 is 19.5 Å². The first-order valence-electron chi connectivity index (χ1n) is 16.3. The number of anilines is 1. The lowest BCUT2D eigenvalue weighted by atomic mass is 9.76. The Morgan fingerprint density at radius 3 is 2.55 bits per heavy atom. The molecule has 0 aliphatic carbocycles. The number of nitrogens with zero attached hydrogens (tertiary/aromatic N) is 5. The molecular formula is C38H45N5O4. The highest BCUT2D eigenvalue weighted by Gasteiger charge is 2.38. The van der Waals surface area contributed by atoms with Gasteiger partial charge in [0, 0.05) is 36.0 Å². The summed E-state index contributed by atoms with van der Waals surface area (Å²) in [4.78, 5) is 20.8. The third-order valence-electron chi connectivity index (χ3n) is 8.86. The summed E-state index contributed by atoms with van der Waals surface area (Å²) < 4.78 is 13.8. The summed E-state index contributed by atoms with van der Waals surface area (Å²) in [5.41, 5.74) is 4.83. The SMILES string of the molecule is C=CCCC1(C)CCN(c2c(C(OC(C)(C)C)C(=O)OCC)c(C)nc3cc(-c4cccc(-c5cc(C#N)ccc5O)c4)nn23)CC1. The lowest BCUT2D eigenvalue weighted by molar-refractivity contribution is -0.166. The van der Waals surface area contributed by atoms with Crippen molar-refractivity contribution in [3.63, 3.8) is 0 Å². The number of rotatable bonds is 10. The van der Waals surface area contributed by atoms with E-state index in [1.165, 1.54) is 6.07 Å². The van der Waals surface area contributed by atoms with E-state index in [1.807, 2.05) is 68.6 Å². The Labute approximate surface area is 277 Å². The Morgan fingerprint density at radius 1 is 1.17 bits per heavy atom. The van der Waals surface area contributed by atoms with Gasteiger partial charge in [-0.05, 0) is 95.5 Å². The van der Waals surface area contributed by atoms with Crippen molar-refractivity contribution < 1.29 is 19.4 Å². The molecule has 2 aromatic carbocycles. The third kappa shape index (κ3) is 7.34. The first-order valence-corrected chi connectivity index (χ1v) is 16.3. The molecule has 1 saturated heterocycles. The van der Waals surface area contributed by atoms with E-state index >= 15 is 0 Å². The summed E-state index contributed by atoms with van der Waals surface area (Å²) in [6.07, 6.45) is 5.01. The van der Waals surface area contributed by atoms with Gasteiger partial charge in [-0.2, -0.15) is 14.9 Å². The summed E-state index contributed by atoms with van der Waals surface area (Å²) in [6.45, 7) is 17.5. The van der Waals surface area contributed by atoms with E-state index in [9.17, 15) is 15.2 Å². The van der Waals surface area contributed by atoms with Gasteiger partial charge in [0.25, 0.3) is 0 Å². The molecule has 1 N–H and O–H groups in total. The number of nitriles is 1.